The Morgan fingerprint density at radius 1 is 0.408 bits per heavy atom. The topological polar surface area (TPSA) is 8.17 Å². The van der Waals surface area contributed by atoms with Crippen molar-refractivity contribution in [3.05, 3.63) is 182 Å². The Kier molecular flexibility index (Phi) is 6.39. The minimum Gasteiger partial charge on any atom is -0.310 e. The number of fused-ring (bicyclic) bond motifs is 7. The molecule has 0 aliphatic heterocycles. The van der Waals surface area contributed by atoms with E-state index in [2.05, 4.69) is 191 Å². The Labute approximate surface area is 288 Å². The molecule has 10 aromatic rings. The average Bonchev–Trinajstić information content (AvgIpc) is 3.71. The van der Waals surface area contributed by atoms with Gasteiger partial charge >= 0.3 is 0 Å². The molecular weight excluding hydrogens is 613 g/mol. The largest absolute Gasteiger partial charge is 0.310 e. The first kappa shape index (κ1) is 27.9. The van der Waals surface area contributed by atoms with Gasteiger partial charge < -0.3 is 9.47 Å². The van der Waals surface area contributed by atoms with Gasteiger partial charge in [-0.1, -0.05) is 109 Å². The molecule has 0 N–H and O–H groups in total. The molecule has 10 rings (SSSR count). The lowest BCUT2D eigenvalue weighted by atomic mass is 9.96. The van der Waals surface area contributed by atoms with Crippen LogP contribution in [-0.2, 0) is 0 Å². The number of anilines is 3. The van der Waals surface area contributed by atoms with Gasteiger partial charge in [0.1, 0.15) is 0 Å². The fraction of sp³-hybridized carbons (Fsp3) is 0. The zero-order valence-corrected chi connectivity index (χ0v) is 27.4. The lowest BCUT2D eigenvalue weighted by Crippen LogP contribution is -2.10. The lowest BCUT2D eigenvalue weighted by Gasteiger charge is -2.27. The highest BCUT2D eigenvalue weighted by Gasteiger charge is 2.22. The summed E-state index contributed by atoms with van der Waals surface area (Å²) in [6.07, 6.45) is 0. The Morgan fingerprint density at radius 2 is 1.10 bits per heavy atom. The molecule has 230 valence electrons. The molecule has 3 heteroatoms. The van der Waals surface area contributed by atoms with Crippen molar-refractivity contribution in [2.75, 3.05) is 4.90 Å². The van der Waals surface area contributed by atoms with E-state index in [9.17, 15) is 0 Å². The van der Waals surface area contributed by atoms with Crippen molar-refractivity contribution >= 4 is 81.1 Å². The molecule has 0 aliphatic carbocycles. The Morgan fingerprint density at radius 3 is 1.96 bits per heavy atom. The van der Waals surface area contributed by atoms with Gasteiger partial charge in [-0.25, -0.2) is 0 Å². The van der Waals surface area contributed by atoms with E-state index >= 15 is 0 Å². The Balaban J connectivity index is 1.32. The van der Waals surface area contributed by atoms with Crippen LogP contribution in [0.5, 0.6) is 0 Å². The first-order chi connectivity index (χ1) is 24.3. The smallest absolute Gasteiger partial charge is 0.0568 e. The van der Waals surface area contributed by atoms with Gasteiger partial charge in [-0.3, -0.25) is 0 Å². The predicted molar refractivity (Wildman–Crippen MR) is 211 cm³/mol. The van der Waals surface area contributed by atoms with Crippen LogP contribution in [0.25, 0.3) is 69.6 Å². The summed E-state index contributed by atoms with van der Waals surface area (Å²) in [7, 11) is 0. The molecule has 0 spiro atoms. The van der Waals surface area contributed by atoms with Crippen LogP contribution in [0.15, 0.2) is 182 Å². The van der Waals surface area contributed by atoms with Gasteiger partial charge in [0.05, 0.1) is 11.0 Å². The molecule has 2 heterocycles. The lowest BCUT2D eigenvalue weighted by molar-refractivity contribution is 1.18. The Bertz CT molecular complexity index is 2830. The molecule has 49 heavy (non-hydrogen) atoms. The van der Waals surface area contributed by atoms with Crippen LogP contribution in [0.2, 0.25) is 0 Å². The van der Waals surface area contributed by atoms with E-state index in [4.69, 9.17) is 0 Å². The van der Waals surface area contributed by atoms with Crippen LogP contribution in [0.3, 0.4) is 0 Å². The van der Waals surface area contributed by atoms with Crippen LogP contribution in [-0.4, -0.2) is 4.57 Å². The second-order valence-corrected chi connectivity index (χ2v) is 13.7. The van der Waals surface area contributed by atoms with E-state index < -0.39 is 0 Å². The molecule has 0 saturated carbocycles. The fourth-order valence-electron chi connectivity index (χ4n) is 7.53. The molecular formula is C46H30N2S. The van der Waals surface area contributed by atoms with Gasteiger partial charge in [-0.2, -0.15) is 0 Å². The normalized spacial score (nSPS) is 11.7. The van der Waals surface area contributed by atoms with Crippen molar-refractivity contribution in [1.82, 2.24) is 4.57 Å². The molecule has 2 nitrogen and oxygen atoms in total. The summed E-state index contributed by atoms with van der Waals surface area (Å²) in [5.74, 6) is 0. The minimum absolute atomic E-state index is 1.11. The number of aromatic nitrogens is 1. The number of hydrogen-bond acceptors (Lipinski definition) is 2. The molecule has 0 saturated heterocycles. The van der Waals surface area contributed by atoms with E-state index in [1.165, 1.54) is 63.9 Å². The van der Waals surface area contributed by atoms with Crippen molar-refractivity contribution in [2.45, 2.75) is 0 Å². The van der Waals surface area contributed by atoms with Crippen molar-refractivity contribution in [2.24, 2.45) is 0 Å². The third-order valence-electron chi connectivity index (χ3n) is 9.72. The van der Waals surface area contributed by atoms with E-state index in [1.807, 2.05) is 11.3 Å². The first-order valence-electron chi connectivity index (χ1n) is 16.7. The van der Waals surface area contributed by atoms with Crippen molar-refractivity contribution in [3.8, 4) is 16.8 Å². The van der Waals surface area contributed by atoms with Gasteiger partial charge in [0.2, 0.25) is 0 Å². The summed E-state index contributed by atoms with van der Waals surface area (Å²) < 4.78 is 5.04. The summed E-state index contributed by atoms with van der Waals surface area (Å²) in [6, 6.07) is 66.3. The maximum Gasteiger partial charge on any atom is 0.0568 e. The monoisotopic (exact) mass is 642 g/mol. The average molecular weight is 643 g/mol. The van der Waals surface area contributed by atoms with Gasteiger partial charge in [0.25, 0.3) is 0 Å². The summed E-state index contributed by atoms with van der Waals surface area (Å²) >= 11 is 1.86. The van der Waals surface area contributed by atoms with Gasteiger partial charge in [-0.05, 0) is 94.7 Å². The SMILES string of the molecule is c1ccc(N(c2ccc3sc4ccccc4c3c2)c2cc(-c3ccc4ccccc4c3)c3c4ccccc4n(-c4ccccc4)c3c2)cc1. The summed E-state index contributed by atoms with van der Waals surface area (Å²) in [5, 5.41) is 7.56. The maximum atomic E-state index is 2.43. The van der Waals surface area contributed by atoms with Gasteiger partial charge in [0, 0.05) is 53.7 Å². The van der Waals surface area contributed by atoms with Crippen LogP contribution in [0.4, 0.5) is 17.1 Å². The molecule has 0 aliphatic rings. The summed E-state index contributed by atoms with van der Waals surface area (Å²) in [4.78, 5) is 2.42. The van der Waals surface area contributed by atoms with E-state index in [1.54, 1.807) is 0 Å². The van der Waals surface area contributed by atoms with E-state index in [0.717, 1.165) is 22.7 Å². The second-order valence-electron chi connectivity index (χ2n) is 12.6. The third-order valence-corrected chi connectivity index (χ3v) is 10.9. The number of rotatable bonds is 5. The number of benzene rings is 8. The maximum absolute atomic E-state index is 2.43. The zero-order chi connectivity index (χ0) is 32.3. The van der Waals surface area contributed by atoms with Crippen LogP contribution >= 0.6 is 11.3 Å². The van der Waals surface area contributed by atoms with E-state index in [0.29, 0.717) is 0 Å². The van der Waals surface area contributed by atoms with Crippen LogP contribution < -0.4 is 4.90 Å². The van der Waals surface area contributed by atoms with Crippen LogP contribution in [0, 0.1) is 0 Å². The molecule has 2 aromatic heterocycles. The highest BCUT2D eigenvalue weighted by Crippen LogP contribution is 2.46. The minimum atomic E-state index is 1.11. The highest BCUT2D eigenvalue weighted by atomic mass is 32.1. The molecule has 0 radical (unpaired) electrons. The second kappa shape index (κ2) is 11.2. The first-order valence-corrected chi connectivity index (χ1v) is 17.5. The number of thiophene rings is 1. The van der Waals surface area contributed by atoms with Crippen molar-refractivity contribution < 1.29 is 0 Å². The summed E-state index contributed by atoms with van der Waals surface area (Å²) in [6.45, 7) is 0. The Hall–Kier alpha value is -6.16. The molecule has 8 aromatic carbocycles. The molecule has 0 amide bonds. The number of nitrogens with zero attached hydrogens (tertiary/aromatic N) is 2. The quantitative estimate of drug-likeness (QED) is 0.181. The fourth-order valence-corrected chi connectivity index (χ4v) is 8.61. The van der Waals surface area contributed by atoms with Crippen molar-refractivity contribution in [3.63, 3.8) is 0 Å². The molecule has 0 unspecified atom stereocenters. The van der Waals surface area contributed by atoms with E-state index in [-0.39, 0.29) is 0 Å². The third kappa shape index (κ3) is 4.55. The van der Waals surface area contributed by atoms with Gasteiger partial charge in [-0.15, -0.1) is 11.3 Å². The summed E-state index contributed by atoms with van der Waals surface area (Å²) in [5.41, 5.74) is 9.30. The van der Waals surface area contributed by atoms with Gasteiger partial charge in [0.15, 0.2) is 0 Å². The molecule has 0 atom stereocenters. The van der Waals surface area contributed by atoms with Crippen LogP contribution in [0.1, 0.15) is 0 Å². The number of para-hydroxylation sites is 3. The number of hydrogen-bond donors (Lipinski definition) is 0. The standard InChI is InChI=1S/C46H30N2S/c1-3-15-34(16-4-1)47(36-25-26-45-41(28-36)38-19-10-12-22-44(38)49-45)37-29-40(33-24-23-31-13-7-8-14-32(31)27-33)46-39-20-9-11-21-42(39)48(43(46)30-37)35-17-5-2-6-18-35/h1-30H. The molecule has 0 bridgehead atoms. The molecule has 0 fully saturated rings. The zero-order valence-electron chi connectivity index (χ0n) is 26.6. The van der Waals surface area contributed by atoms with Crippen molar-refractivity contribution in [1.29, 1.82) is 0 Å². The predicted octanol–water partition coefficient (Wildman–Crippen LogP) is 13.4. The highest BCUT2D eigenvalue weighted by molar-refractivity contribution is 7.25.